The Bertz CT molecular complexity index is 593. The molecule has 2 heteroatoms. The molecule has 0 fully saturated rings. The summed E-state index contributed by atoms with van der Waals surface area (Å²) in [7, 11) is 0. The maximum Gasteiger partial charge on any atom is 0.269 e. The van der Waals surface area contributed by atoms with Crippen LogP contribution in [0.1, 0.15) is 44.4 Å². The summed E-state index contributed by atoms with van der Waals surface area (Å²) >= 11 is 1.89. The third-order valence-corrected chi connectivity index (χ3v) is 6.03. The zero-order chi connectivity index (χ0) is 13.5. The van der Waals surface area contributed by atoms with Gasteiger partial charge >= 0.3 is 0 Å². The molecule has 0 saturated heterocycles. The van der Waals surface area contributed by atoms with E-state index in [0.717, 1.165) is 6.54 Å². The average molecular weight is 272 g/mol. The van der Waals surface area contributed by atoms with Crippen LogP contribution in [-0.4, -0.2) is 0 Å². The van der Waals surface area contributed by atoms with Gasteiger partial charge in [0, 0.05) is 18.8 Å². The Hall–Kier alpha value is -1.15. The first-order valence-corrected chi connectivity index (χ1v) is 8.17. The highest BCUT2D eigenvalue weighted by atomic mass is 32.1. The normalized spacial score (nSPS) is 16.6. The number of nitrogens with zero attached hydrogens (tertiary/aromatic N) is 1. The van der Waals surface area contributed by atoms with Crippen LogP contribution in [0.5, 0.6) is 0 Å². The molecule has 0 aliphatic carbocycles. The fraction of sp³-hybridized carbons (Fsp3) is 0.471. The fourth-order valence-corrected chi connectivity index (χ4v) is 4.57. The molecule has 1 nitrogen and oxygen atoms in total. The van der Waals surface area contributed by atoms with E-state index in [2.05, 4.69) is 55.0 Å². The van der Waals surface area contributed by atoms with Crippen molar-refractivity contribution in [3.8, 4) is 10.6 Å². The predicted octanol–water partition coefficient (Wildman–Crippen LogP) is 4.47. The van der Waals surface area contributed by atoms with Gasteiger partial charge < -0.3 is 0 Å². The number of aromatic nitrogens is 1. The van der Waals surface area contributed by atoms with E-state index in [-0.39, 0.29) is 0 Å². The largest absolute Gasteiger partial charge is 0.269 e. The Morgan fingerprint density at radius 2 is 1.95 bits per heavy atom. The average Bonchev–Trinajstić information content (AvgIpc) is 2.75. The van der Waals surface area contributed by atoms with E-state index in [1.54, 1.807) is 5.56 Å². The molecule has 19 heavy (non-hydrogen) atoms. The Morgan fingerprint density at radius 3 is 2.68 bits per heavy atom. The van der Waals surface area contributed by atoms with Crippen molar-refractivity contribution < 1.29 is 4.57 Å². The second-order valence-electron chi connectivity index (χ2n) is 5.62. The first-order valence-electron chi connectivity index (χ1n) is 7.29. The molecular weight excluding hydrogens is 250 g/mol. The van der Waals surface area contributed by atoms with Crippen LogP contribution in [0.25, 0.3) is 10.6 Å². The Labute approximate surface area is 119 Å². The smallest absolute Gasteiger partial charge is 0.186 e. The maximum absolute atomic E-state index is 2.51. The van der Waals surface area contributed by atoms with Gasteiger partial charge in [0.1, 0.15) is 0 Å². The van der Waals surface area contributed by atoms with Crippen LogP contribution in [0.2, 0.25) is 0 Å². The Morgan fingerprint density at radius 1 is 1.21 bits per heavy atom. The van der Waals surface area contributed by atoms with E-state index in [4.69, 9.17) is 0 Å². The van der Waals surface area contributed by atoms with Gasteiger partial charge in [0.25, 0.3) is 5.01 Å². The number of hydrogen-bond acceptors (Lipinski definition) is 1. The van der Waals surface area contributed by atoms with Crippen LogP contribution < -0.4 is 4.57 Å². The lowest BCUT2D eigenvalue weighted by atomic mass is 9.72. The molecule has 100 valence electrons. The van der Waals surface area contributed by atoms with Crippen molar-refractivity contribution in [3.63, 3.8) is 0 Å². The maximum atomic E-state index is 2.51. The Balaban J connectivity index is 2.27. The number of aryl methyl sites for hydroxylation is 1. The second kappa shape index (κ2) is 4.75. The van der Waals surface area contributed by atoms with Crippen molar-refractivity contribution in [2.24, 2.45) is 0 Å². The predicted molar refractivity (Wildman–Crippen MR) is 81.6 cm³/mol. The molecule has 0 saturated carbocycles. The quantitative estimate of drug-likeness (QED) is 0.710. The number of hydrogen-bond donors (Lipinski definition) is 0. The van der Waals surface area contributed by atoms with E-state index >= 15 is 0 Å². The molecule has 1 aromatic heterocycles. The highest BCUT2D eigenvalue weighted by molar-refractivity contribution is 7.12. The van der Waals surface area contributed by atoms with Gasteiger partial charge in [0.2, 0.25) is 0 Å². The zero-order valence-corrected chi connectivity index (χ0v) is 12.9. The number of fused-ring (bicyclic) bond motifs is 3. The van der Waals surface area contributed by atoms with Crippen molar-refractivity contribution in [1.29, 1.82) is 0 Å². The van der Waals surface area contributed by atoms with E-state index < -0.39 is 0 Å². The molecule has 0 bridgehead atoms. The van der Waals surface area contributed by atoms with Crippen molar-refractivity contribution in [1.82, 2.24) is 0 Å². The first kappa shape index (κ1) is 12.9. The Kier molecular flexibility index (Phi) is 3.22. The third kappa shape index (κ3) is 1.85. The molecule has 1 aliphatic heterocycles. The van der Waals surface area contributed by atoms with Gasteiger partial charge in [-0.3, -0.25) is 0 Å². The van der Waals surface area contributed by atoms with Gasteiger partial charge in [-0.15, -0.1) is 0 Å². The number of thiazole rings is 1. The molecule has 3 rings (SSSR count). The lowest BCUT2D eigenvalue weighted by Crippen LogP contribution is -2.38. The standard InChI is InChI=1S/C17H22NS/c1-4-17(5-2)10-11-18-13(3)12-19-16(18)14-8-6-7-9-15(14)17/h6-9,12H,4-5,10-11H2,1-3H3/q+1. The summed E-state index contributed by atoms with van der Waals surface area (Å²) in [6, 6.07) is 9.05. The van der Waals surface area contributed by atoms with E-state index in [1.165, 1.54) is 35.5 Å². The van der Waals surface area contributed by atoms with Crippen LogP contribution in [0, 0.1) is 6.92 Å². The van der Waals surface area contributed by atoms with Crippen molar-refractivity contribution in [2.75, 3.05) is 0 Å². The summed E-state index contributed by atoms with van der Waals surface area (Å²) in [4.78, 5) is 0. The summed E-state index contributed by atoms with van der Waals surface area (Å²) in [5, 5.41) is 3.73. The summed E-state index contributed by atoms with van der Waals surface area (Å²) < 4.78 is 2.51. The van der Waals surface area contributed by atoms with Crippen molar-refractivity contribution in [2.45, 2.75) is 52.0 Å². The number of rotatable bonds is 2. The van der Waals surface area contributed by atoms with Gasteiger partial charge in [0.05, 0.1) is 10.9 Å². The van der Waals surface area contributed by atoms with Crippen LogP contribution in [0.4, 0.5) is 0 Å². The summed E-state index contributed by atoms with van der Waals surface area (Å²) in [6.07, 6.45) is 3.72. The summed E-state index contributed by atoms with van der Waals surface area (Å²) in [5.74, 6) is 0. The van der Waals surface area contributed by atoms with Crippen LogP contribution in [0.3, 0.4) is 0 Å². The molecule has 0 spiro atoms. The van der Waals surface area contributed by atoms with Gasteiger partial charge in [-0.2, -0.15) is 4.57 Å². The van der Waals surface area contributed by atoms with E-state index in [0.29, 0.717) is 5.41 Å². The van der Waals surface area contributed by atoms with E-state index in [9.17, 15) is 0 Å². The lowest BCUT2D eigenvalue weighted by molar-refractivity contribution is -0.688. The monoisotopic (exact) mass is 272 g/mol. The van der Waals surface area contributed by atoms with Gasteiger partial charge in [-0.05, 0) is 24.5 Å². The molecule has 0 unspecified atom stereocenters. The van der Waals surface area contributed by atoms with Crippen LogP contribution >= 0.6 is 11.3 Å². The van der Waals surface area contributed by atoms with Gasteiger partial charge in [-0.1, -0.05) is 43.4 Å². The highest BCUT2D eigenvalue weighted by Gasteiger charge is 2.38. The van der Waals surface area contributed by atoms with Gasteiger partial charge in [-0.25, -0.2) is 0 Å². The minimum absolute atomic E-state index is 0.356. The minimum atomic E-state index is 0.356. The minimum Gasteiger partial charge on any atom is -0.186 e. The third-order valence-electron chi connectivity index (χ3n) is 4.91. The number of benzene rings is 1. The SMILES string of the molecule is CCC1(CC)CC[n+]2c(C)csc2-c2ccccc21. The first-order chi connectivity index (χ1) is 9.22. The van der Waals surface area contributed by atoms with Crippen molar-refractivity contribution >= 4 is 11.3 Å². The topological polar surface area (TPSA) is 3.88 Å². The molecule has 1 aromatic carbocycles. The highest BCUT2D eigenvalue weighted by Crippen LogP contribution is 2.43. The van der Waals surface area contributed by atoms with Gasteiger partial charge in [0.15, 0.2) is 12.2 Å². The van der Waals surface area contributed by atoms with Crippen LogP contribution in [-0.2, 0) is 12.0 Å². The van der Waals surface area contributed by atoms with Crippen molar-refractivity contribution in [3.05, 3.63) is 40.9 Å². The lowest BCUT2D eigenvalue weighted by Gasteiger charge is -2.31. The second-order valence-corrected chi connectivity index (χ2v) is 6.47. The fourth-order valence-electron chi connectivity index (χ4n) is 3.49. The molecular formula is C17H22NS+. The zero-order valence-electron chi connectivity index (χ0n) is 12.1. The summed E-state index contributed by atoms with van der Waals surface area (Å²) in [5.41, 5.74) is 4.78. The molecule has 0 N–H and O–H groups in total. The molecule has 1 aliphatic rings. The summed E-state index contributed by atoms with van der Waals surface area (Å²) in [6.45, 7) is 8.07. The molecule has 0 radical (unpaired) electrons. The molecule has 0 atom stereocenters. The van der Waals surface area contributed by atoms with E-state index in [1.807, 2.05) is 11.3 Å². The molecule has 2 heterocycles. The molecule has 2 aromatic rings. The molecule has 0 amide bonds. The van der Waals surface area contributed by atoms with Crippen LogP contribution in [0.15, 0.2) is 29.6 Å².